The molecule has 2 rings (SSSR count). The van der Waals surface area contributed by atoms with Crippen LogP contribution in [-0.2, 0) is 9.53 Å². The number of rotatable bonds is 3. The van der Waals surface area contributed by atoms with Crippen molar-refractivity contribution < 1.29 is 9.53 Å². The Labute approximate surface area is 96.7 Å². The number of ether oxygens (including phenoxy) is 1. The van der Waals surface area contributed by atoms with Gasteiger partial charge in [-0.2, -0.15) is 0 Å². The van der Waals surface area contributed by atoms with Crippen molar-refractivity contribution in [3.63, 3.8) is 0 Å². The fraction of sp³-hybridized carbons (Fsp3) is 0.909. The van der Waals surface area contributed by atoms with Gasteiger partial charge in [-0.25, -0.2) is 0 Å². The van der Waals surface area contributed by atoms with Gasteiger partial charge in [-0.3, -0.25) is 9.69 Å². The van der Waals surface area contributed by atoms with Crippen LogP contribution in [0.2, 0.25) is 0 Å². The standard InChI is InChI=1S/C11H21N3O2/c1-13(10-2-7-16-9-10)11(15)8-14-5-3-12-4-6-14/h10,12H,2-9H2,1H3. The van der Waals surface area contributed by atoms with E-state index in [9.17, 15) is 4.79 Å². The van der Waals surface area contributed by atoms with Crippen LogP contribution in [-0.4, -0.2) is 74.7 Å². The molecule has 0 spiro atoms. The maximum Gasteiger partial charge on any atom is 0.236 e. The van der Waals surface area contributed by atoms with E-state index >= 15 is 0 Å². The van der Waals surface area contributed by atoms with Gasteiger partial charge in [0.25, 0.3) is 0 Å². The molecule has 2 saturated heterocycles. The predicted octanol–water partition coefficient (Wildman–Crippen LogP) is -0.861. The number of carbonyl (C=O) groups is 1. The van der Waals surface area contributed by atoms with Gasteiger partial charge < -0.3 is 15.0 Å². The van der Waals surface area contributed by atoms with Crippen molar-refractivity contribution in [1.29, 1.82) is 0 Å². The maximum absolute atomic E-state index is 12.0. The van der Waals surface area contributed by atoms with Gasteiger partial charge in [-0.1, -0.05) is 0 Å². The van der Waals surface area contributed by atoms with Gasteiger partial charge in [-0.15, -0.1) is 0 Å². The van der Waals surface area contributed by atoms with Crippen molar-refractivity contribution in [2.75, 3.05) is 53.0 Å². The van der Waals surface area contributed by atoms with Gasteiger partial charge in [0.1, 0.15) is 0 Å². The van der Waals surface area contributed by atoms with Crippen LogP contribution in [0.5, 0.6) is 0 Å². The second-order valence-electron chi connectivity index (χ2n) is 4.55. The van der Waals surface area contributed by atoms with Crippen LogP contribution < -0.4 is 5.32 Å². The first kappa shape index (κ1) is 11.8. The van der Waals surface area contributed by atoms with Gasteiger partial charge in [-0.05, 0) is 6.42 Å². The van der Waals surface area contributed by atoms with E-state index in [1.165, 1.54) is 0 Å². The molecule has 0 saturated carbocycles. The van der Waals surface area contributed by atoms with Gasteiger partial charge in [0.15, 0.2) is 0 Å². The third kappa shape index (κ3) is 2.93. The van der Waals surface area contributed by atoms with Gasteiger partial charge in [0, 0.05) is 39.8 Å². The van der Waals surface area contributed by atoms with E-state index in [4.69, 9.17) is 4.74 Å². The number of amides is 1. The van der Waals surface area contributed by atoms with Crippen LogP contribution in [0, 0.1) is 0 Å². The van der Waals surface area contributed by atoms with Crippen molar-refractivity contribution in [3.8, 4) is 0 Å². The number of likely N-dealkylation sites (N-methyl/N-ethyl adjacent to an activating group) is 1. The van der Waals surface area contributed by atoms with E-state index in [1.807, 2.05) is 11.9 Å². The monoisotopic (exact) mass is 227 g/mol. The first-order chi connectivity index (χ1) is 7.77. The Morgan fingerprint density at radius 1 is 1.50 bits per heavy atom. The average Bonchev–Trinajstić information content (AvgIpc) is 2.83. The molecule has 92 valence electrons. The zero-order chi connectivity index (χ0) is 11.4. The molecule has 0 aromatic heterocycles. The Kier molecular flexibility index (Phi) is 4.15. The Bertz CT molecular complexity index is 235. The molecule has 1 N–H and O–H groups in total. The van der Waals surface area contributed by atoms with Crippen molar-refractivity contribution in [3.05, 3.63) is 0 Å². The summed E-state index contributed by atoms with van der Waals surface area (Å²) in [6.07, 6.45) is 0.976. The molecule has 2 aliphatic heterocycles. The molecule has 1 atom stereocenters. The molecule has 0 bridgehead atoms. The first-order valence-electron chi connectivity index (χ1n) is 6.04. The first-order valence-corrected chi connectivity index (χ1v) is 6.04. The normalized spacial score (nSPS) is 26.9. The SMILES string of the molecule is CN(C(=O)CN1CCNCC1)C1CCOC1. The van der Waals surface area contributed by atoms with E-state index < -0.39 is 0 Å². The number of carbonyl (C=O) groups excluding carboxylic acids is 1. The van der Waals surface area contributed by atoms with E-state index in [2.05, 4.69) is 10.2 Å². The molecule has 0 aromatic rings. The summed E-state index contributed by atoms with van der Waals surface area (Å²) in [4.78, 5) is 16.1. The van der Waals surface area contributed by atoms with Crippen LogP contribution in [0.15, 0.2) is 0 Å². The molecule has 0 aromatic carbocycles. The number of hydrogen-bond donors (Lipinski definition) is 1. The van der Waals surface area contributed by atoms with Crippen molar-refractivity contribution in [1.82, 2.24) is 15.1 Å². The molecular formula is C11H21N3O2. The van der Waals surface area contributed by atoms with E-state index in [0.717, 1.165) is 39.2 Å². The lowest BCUT2D eigenvalue weighted by atomic mass is 10.2. The summed E-state index contributed by atoms with van der Waals surface area (Å²) in [7, 11) is 1.89. The van der Waals surface area contributed by atoms with E-state index in [-0.39, 0.29) is 11.9 Å². The molecule has 1 unspecified atom stereocenters. The molecule has 16 heavy (non-hydrogen) atoms. The molecule has 5 heteroatoms. The second kappa shape index (κ2) is 5.61. The Morgan fingerprint density at radius 3 is 2.88 bits per heavy atom. The molecule has 5 nitrogen and oxygen atoms in total. The highest BCUT2D eigenvalue weighted by Gasteiger charge is 2.25. The Balaban J connectivity index is 1.77. The molecule has 0 aliphatic carbocycles. The lowest BCUT2D eigenvalue weighted by Crippen LogP contribution is -2.49. The molecular weight excluding hydrogens is 206 g/mol. The zero-order valence-electron chi connectivity index (χ0n) is 9.95. The highest BCUT2D eigenvalue weighted by Crippen LogP contribution is 2.11. The second-order valence-corrected chi connectivity index (χ2v) is 4.55. The maximum atomic E-state index is 12.0. The van der Waals surface area contributed by atoms with Crippen molar-refractivity contribution in [2.45, 2.75) is 12.5 Å². The molecule has 0 radical (unpaired) electrons. The predicted molar refractivity (Wildman–Crippen MR) is 61.3 cm³/mol. The van der Waals surface area contributed by atoms with Gasteiger partial charge >= 0.3 is 0 Å². The van der Waals surface area contributed by atoms with E-state index in [0.29, 0.717) is 13.2 Å². The summed E-state index contributed by atoms with van der Waals surface area (Å²) in [5, 5.41) is 3.29. The number of nitrogens with zero attached hydrogens (tertiary/aromatic N) is 2. The summed E-state index contributed by atoms with van der Waals surface area (Å²) in [5.41, 5.74) is 0. The number of piperazine rings is 1. The minimum Gasteiger partial charge on any atom is -0.379 e. The smallest absolute Gasteiger partial charge is 0.236 e. The largest absolute Gasteiger partial charge is 0.379 e. The van der Waals surface area contributed by atoms with Crippen molar-refractivity contribution in [2.24, 2.45) is 0 Å². The summed E-state index contributed by atoms with van der Waals surface area (Å²) < 4.78 is 5.30. The molecule has 2 aliphatic rings. The van der Waals surface area contributed by atoms with Crippen LogP contribution in [0.1, 0.15) is 6.42 Å². The van der Waals surface area contributed by atoms with Crippen LogP contribution in [0.25, 0.3) is 0 Å². The lowest BCUT2D eigenvalue weighted by Gasteiger charge is -2.30. The van der Waals surface area contributed by atoms with Gasteiger partial charge in [0.2, 0.25) is 5.91 Å². The van der Waals surface area contributed by atoms with Crippen molar-refractivity contribution >= 4 is 5.91 Å². The quantitative estimate of drug-likeness (QED) is 0.681. The van der Waals surface area contributed by atoms with Crippen LogP contribution in [0.4, 0.5) is 0 Å². The third-order valence-corrected chi connectivity index (χ3v) is 3.42. The highest BCUT2D eigenvalue weighted by molar-refractivity contribution is 5.78. The highest BCUT2D eigenvalue weighted by atomic mass is 16.5. The molecule has 2 heterocycles. The summed E-state index contributed by atoms with van der Waals surface area (Å²) in [6.45, 7) is 5.96. The summed E-state index contributed by atoms with van der Waals surface area (Å²) in [5.74, 6) is 0.220. The fourth-order valence-corrected chi connectivity index (χ4v) is 2.20. The van der Waals surface area contributed by atoms with Crippen LogP contribution >= 0.6 is 0 Å². The molecule has 2 fully saturated rings. The minimum atomic E-state index is 0.220. The fourth-order valence-electron chi connectivity index (χ4n) is 2.20. The lowest BCUT2D eigenvalue weighted by molar-refractivity contribution is -0.133. The average molecular weight is 227 g/mol. The Morgan fingerprint density at radius 2 is 2.25 bits per heavy atom. The van der Waals surface area contributed by atoms with Crippen LogP contribution in [0.3, 0.4) is 0 Å². The molecule has 1 amide bonds. The topological polar surface area (TPSA) is 44.8 Å². The number of hydrogen-bond acceptors (Lipinski definition) is 4. The van der Waals surface area contributed by atoms with E-state index in [1.54, 1.807) is 0 Å². The summed E-state index contributed by atoms with van der Waals surface area (Å²) >= 11 is 0. The zero-order valence-corrected chi connectivity index (χ0v) is 9.95. The third-order valence-electron chi connectivity index (χ3n) is 3.42. The van der Waals surface area contributed by atoms with Gasteiger partial charge in [0.05, 0.1) is 19.2 Å². The minimum absolute atomic E-state index is 0.220. The Hall–Kier alpha value is -0.650. The summed E-state index contributed by atoms with van der Waals surface area (Å²) in [6, 6.07) is 0.287. The number of nitrogens with one attached hydrogen (secondary N) is 1.